The summed E-state index contributed by atoms with van der Waals surface area (Å²) < 4.78 is 5.65. The lowest BCUT2D eigenvalue weighted by molar-refractivity contribution is 0.235. The Morgan fingerprint density at radius 1 is 0.865 bits per heavy atom. The third kappa shape index (κ3) is 7.30. The molecule has 0 unspecified atom stereocenters. The maximum Gasteiger partial charge on any atom is 0.114 e. The number of nitrogens with zero attached hydrogens (tertiary/aromatic N) is 2. The van der Waals surface area contributed by atoms with Gasteiger partial charge in [0.15, 0.2) is 0 Å². The maximum atomic E-state index is 9.87. The Labute approximate surface area is 304 Å². The fourth-order valence-electron chi connectivity index (χ4n) is 6.99. The first-order valence-electron chi connectivity index (χ1n) is 17.2. The van der Waals surface area contributed by atoms with Crippen LogP contribution in [-0.2, 0) is 11.3 Å². The molecule has 0 aliphatic heterocycles. The van der Waals surface area contributed by atoms with Crippen molar-refractivity contribution in [3.8, 4) is 22.3 Å². The molecule has 4 N–H and O–H groups in total. The van der Waals surface area contributed by atoms with Crippen LogP contribution in [0.15, 0.2) is 145 Å². The Hall–Kier alpha value is -6.21. The predicted octanol–water partition coefficient (Wildman–Crippen LogP) is 8.34. The molecule has 0 radical (unpaired) electrons. The highest BCUT2D eigenvalue weighted by atomic mass is 16.5. The van der Waals surface area contributed by atoms with Crippen molar-refractivity contribution < 1.29 is 9.84 Å². The van der Waals surface area contributed by atoms with Gasteiger partial charge in [-0.3, -0.25) is 9.98 Å². The number of rotatable bonds is 11. The third-order valence-corrected chi connectivity index (χ3v) is 9.24. The second kappa shape index (κ2) is 16.7. The molecule has 0 saturated carbocycles. The molecule has 0 atom stereocenters. The van der Waals surface area contributed by atoms with Gasteiger partial charge in [0, 0.05) is 35.3 Å². The summed E-state index contributed by atoms with van der Waals surface area (Å²) in [4.78, 5) is 8.30. The second-order valence-electron chi connectivity index (χ2n) is 12.4. The molecular formula is C46H42N4O2. The topological polar surface area (TPSA) is 105 Å². The summed E-state index contributed by atoms with van der Waals surface area (Å²) in [7, 11) is 1.50. The minimum Gasteiger partial charge on any atom is -0.495 e. The number of hydrogen-bond donors (Lipinski definition) is 3. The van der Waals surface area contributed by atoms with Crippen LogP contribution in [0.2, 0.25) is 0 Å². The number of hydrogen-bond acceptors (Lipinski definition) is 6. The minimum atomic E-state index is -0.191. The van der Waals surface area contributed by atoms with Crippen molar-refractivity contribution in [2.75, 3.05) is 13.7 Å². The van der Waals surface area contributed by atoms with Gasteiger partial charge < -0.3 is 21.0 Å². The van der Waals surface area contributed by atoms with E-state index in [1.54, 1.807) is 12.3 Å². The molecule has 1 aliphatic carbocycles. The Morgan fingerprint density at radius 3 is 2.35 bits per heavy atom. The number of benzene rings is 5. The van der Waals surface area contributed by atoms with Crippen LogP contribution < -0.4 is 16.2 Å². The number of pyridine rings is 1. The van der Waals surface area contributed by atoms with Crippen LogP contribution in [0.1, 0.15) is 29.5 Å². The standard InChI is InChI=1S/C45H37N3O2.CH5N/c1-30(28-49)22-36(25-46)44-40-11-5-6-12-41(40)45(37-23-31(26-48-27-37)29-50-21-20-47-2)42-19-18-35(24-43(42)44)32-14-16-34(17-15-32)39-13-7-9-33-8-3-4-10-38(33)39;1-2/h3-6,8-12,14-27,46,49H,1-2,7,13,28-29H2;2H2,1H3/b21-20-,36-22+,46-25?;. The zero-order valence-electron chi connectivity index (χ0n) is 29.3. The molecule has 6 aromatic rings. The smallest absolute Gasteiger partial charge is 0.114 e. The van der Waals surface area contributed by atoms with Crippen molar-refractivity contribution in [3.63, 3.8) is 0 Å². The van der Waals surface area contributed by atoms with Gasteiger partial charge >= 0.3 is 0 Å². The van der Waals surface area contributed by atoms with Crippen molar-refractivity contribution in [1.29, 1.82) is 5.41 Å². The van der Waals surface area contributed by atoms with Crippen molar-refractivity contribution in [2.24, 2.45) is 10.7 Å². The van der Waals surface area contributed by atoms with Gasteiger partial charge in [-0.15, -0.1) is 0 Å². The summed E-state index contributed by atoms with van der Waals surface area (Å²) in [6.07, 6.45) is 14.3. The molecule has 7 rings (SSSR count). The Balaban J connectivity index is 0.00000228. The van der Waals surface area contributed by atoms with Crippen LogP contribution in [0.4, 0.5) is 0 Å². The van der Waals surface area contributed by atoms with Gasteiger partial charge in [-0.25, -0.2) is 0 Å². The molecule has 6 heteroatoms. The van der Waals surface area contributed by atoms with E-state index >= 15 is 0 Å². The van der Waals surface area contributed by atoms with Gasteiger partial charge in [0.05, 0.1) is 12.8 Å². The third-order valence-electron chi connectivity index (χ3n) is 9.24. The quantitative estimate of drug-likeness (QED) is 0.0553. The molecular weight excluding hydrogens is 641 g/mol. The van der Waals surface area contributed by atoms with Crippen LogP contribution in [-0.4, -0.2) is 36.7 Å². The molecule has 0 amide bonds. The molecule has 52 heavy (non-hydrogen) atoms. The van der Waals surface area contributed by atoms with Gasteiger partial charge in [-0.1, -0.05) is 97.6 Å². The molecule has 5 aromatic carbocycles. The number of allylic oxidation sites excluding steroid dienone is 1. The zero-order valence-corrected chi connectivity index (χ0v) is 29.3. The molecule has 0 spiro atoms. The average Bonchev–Trinajstić information content (AvgIpc) is 3.21. The van der Waals surface area contributed by atoms with Crippen molar-refractivity contribution in [3.05, 3.63) is 167 Å². The second-order valence-corrected chi connectivity index (χ2v) is 12.4. The van der Waals surface area contributed by atoms with Gasteiger partial charge in [0.25, 0.3) is 0 Å². The van der Waals surface area contributed by atoms with E-state index < -0.39 is 0 Å². The number of fused-ring (bicyclic) bond motifs is 3. The first kappa shape index (κ1) is 35.6. The Kier molecular flexibility index (Phi) is 11.4. The van der Waals surface area contributed by atoms with E-state index in [0.717, 1.165) is 67.8 Å². The van der Waals surface area contributed by atoms with E-state index in [-0.39, 0.29) is 6.61 Å². The van der Waals surface area contributed by atoms with Crippen LogP contribution >= 0.6 is 0 Å². The first-order valence-corrected chi connectivity index (χ1v) is 17.2. The summed E-state index contributed by atoms with van der Waals surface area (Å²) in [5.41, 5.74) is 14.4. The average molecular weight is 683 g/mol. The SMILES string of the molecule is C=N/C=C\OCc1cncc(-c2c3ccccc3c(/C(C=N)=C/C(=C)CO)c3cc(-c4ccc(C5=c6ccccc6=CCC5)cc4)ccc23)c1.CN. The van der Waals surface area contributed by atoms with E-state index in [9.17, 15) is 5.11 Å². The summed E-state index contributed by atoms with van der Waals surface area (Å²) in [5, 5.41) is 25.0. The Morgan fingerprint density at radius 2 is 1.58 bits per heavy atom. The van der Waals surface area contributed by atoms with Crippen LogP contribution in [0.5, 0.6) is 0 Å². The van der Waals surface area contributed by atoms with Gasteiger partial charge in [0.1, 0.15) is 12.9 Å². The van der Waals surface area contributed by atoms with Crippen LogP contribution in [0.25, 0.3) is 61.0 Å². The monoisotopic (exact) mass is 682 g/mol. The highest BCUT2D eigenvalue weighted by molar-refractivity contribution is 6.25. The summed E-state index contributed by atoms with van der Waals surface area (Å²) in [6.45, 7) is 7.62. The molecule has 1 heterocycles. The number of ether oxygens (including phenoxy) is 1. The number of aliphatic hydroxyl groups excluding tert-OH is 1. The van der Waals surface area contributed by atoms with Crippen LogP contribution in [0, 0.1) is 5.41 Å². The number of aliphatic hydroxyl groups is 1. The molecule has 258 valence electrons. The van der Waals surface area contributed by atoms with Crippen LogP contribution in [0.3, 0.4) is 0 Å². The predicted molar refractivity (Wildman–Crippen MR) is 219 cm³/mol. The molecule has 1 aliphatic rings. The van der Waals surface area contributed by atoms with Crippen molar-refractivity contribution in [1.82, 2.24) is 4.98 Å². The molecule has 0 bridgehead atoms. The normalized spacial score (nSPS) is 12.5. The summed E-state index contributed by atoms with van der Waals surface area (Å²) in [6, 6.07) is 34.5. The van der Waals surface area contributed by atoms with E-state index in [1.165, 1.54) is 47.3 Å². The number of nitrogens with two attached hydrogens (primary N) is 1. The number of nitrogens with one attached hydrogen (secondary N) is 1. The molecule has 0 fully saturated rings. The van der Waals surface area contributed by atoms with E-state index in [1.807, 2.05) is 18.3 Å². The van der Waals surface area contributed by atoms with Crippen molar-refractivity contribution in [2.45, 2.75) is 19.4 Å². The van der Waals surface area contributed by atoms with Gasteiger partial charge in [-0.2, -0.15) is 0 Å². The fourth-order valence-corrected chi connectivity index (χ4v) is 6.99. The highest BCUT2D eigenvalue weighted by Crippen LogP contribution is 2.43. The van der Waals surface area contributed by atoms with Gasteiger partial charge in [-0.05, 0) is 116 Å². The molecule has 0 saturated heterocycles. The van der Waals surface area contributed by atoms with E-state index in [0.29, 0.717) is 17.8 Å². The summed E-state index contributed by atoms with van der Waals surface area (Å²) >= 11 is 0. The zero-order chi connectivity index (χ0) is 36.5. The maximum absolute atomic E-state index is 9.87. The lowest BCUT2D eigenvalue weighted by Gasteiger charge is -2.19. The lowest BCUT2D eigenvalue weighted by Crippen LogP contribution is -2.29. The fraction of sp³-hybridized carbons (Fsp3) is 0.109. The summed E-state index contributed by atoms with van der Waals surface area (Å²) in [5.74, 6) is 0. The number of aliphatic imine (C=N–C) groups is 1. The van der Waals surface area contributed by atoms with E-state index in [4.69, 9.17) is 10.1 Å². The lowest BCUT2D eigenvalue weighted by atomic mass is 9.84. The molecule has 6 nitrogen and oxygen atoms in total. The van der Waals surface area contributed by atoms with Crippen molar-refractivity contribution >= 4 is 51.7 Å². The number of aromatic nitrogens is 1. The largest absolute Gasteiger partial charge is 0.495 e. The Bertz CT molecular complexity index is 2480. The van der Waals surface area contributed by atoms with E-state index in [2.05, 4.69) is 120 Å². The first-order chi connectivity index (χ1) is 25.6. The molecule has 1 aromatic heterocycles. The minimum absolute atomic E-state index is 0.191. The highest BCUT2D eigenvalue weighted by Gasteiger charge is 2.19. The van der Waals surface area contributed by atoms with Gasteiger partial charge in [0.2, 0.25) is 0 Å².